The molecule has 20 heavy (non-hydrogen) atoms. The second-order valence-electron chi connectivity index (χ2n) is 5.78. The Hall–Kier alpha value is -2.17. The number of aromatic nitrogens is 2. The molecule has 2 heterocycles. The average Bonchev–Trinajstić information content (AvgIpc) is 2.76. The van der Waals surface area contributed by atoms with Crippen molar-refractivity contribution in [1.82, 2.24) is 9.97 Å². The van der Waals surface area contributed by atoms with Crippen LogP contribution >= 0.6 is 0 Å². The highest BCUT2D eigenvalue weighted by atomic mass is 16.6. The van der Waals surface area contributed by atoms with E-state index in [0.717, 1.165) is 24.8 Å². The van der Waals surface area contributed by atoms with Crippen LogP contribution in [0.15, 0.2) is 35.8 Å². The van der Waals surface area contributed by atoms with Gasteiger partial charge in [0.25, 0.3) is 0 Å². The van der Waals surface area contributed by atoms with E-state index in [4.69, 9.17) is 4.74 Å². The lowest BCUT2D eigenvalue weighted by Gasteiger charge is -2.33. The summed E-state index contributed by atoms with van der Waals surface area (Å²) in [7, 11) is 0. The van der Waals surface area contributed by atoms with Gasteiger partial charge in [-0.3, -0.25) is 5.32 Å². The van der Waals surface area contributed by atoms with Gasteiger partial charge in [0.2, 0.25) is 0 Å². The largest absolute Gasteiger partial charge is 0.437 e. The van der Waals surface area contributed by atoms with Crippen molar-refractivity contribution >= 4 is 11.9 Å². The molecule has 2 unspecified atom stereocenters. The van der Waals surface area contributed by atoms with E-state index in [0.29, 0.717) is 11.7 Å². The third-order valence-electron chi connectivity index (χ3n) is 4.30. The minimum atomic E-state index is -0.624. The normalized spacial score (nSPS) is 30.9. The van der Waals surface area contributed by atoms with Crippen LogP contribution in [0.4, 0.5) is 10.6 Å². The summed E-state index contributed by atoms with van der Waals surface area (Å²) in [6, 6.07) is 0. The molecule has 3 aliphatic rings. The topological polar surface area (TPSA) is 64.1 Å². The predicted molar refractivity (Wildman–Crippen MR) is 73.0 cm³/mol. The van der Waals surface area contributed by atoms with Gasteiger partial charge in [0.05, 0.1) is 5.56 Å². The molecule has 4 rings (SSSR count). The summed E-state index contributed by atoms with van der Waals surface area (Å²) < 4.78 is 5.68. The van der Waals surface area contributed by atoms with Gasteiger partial charge in [0.15, 0.2) is 5.60 Å². The summed E-state index contributed by atoms with van der Waals surface area (Å²) in [6.07, 6.45) is 9.83. The zero-order chi connectivity index (χ0) is 13.7. The van der Waals surface area contributed by atoms with Crippen LogP contribution in [0.2, 0.25) is 0 Å². The van der Waals surface area contributed by atoms with E-state index in [1.165, 1.54) is 17.5 Å². The number of fused-ring (bicyclic) bond motifs is 3. The Balaban J connectivity index is 1.83. The smallest absolute Gasteiger partial charge is 0.413 e. The summed E-state index contributed by atoms with van der Waals surface area (Å²) >= 11 is 0. The van der Waals surface area contributed by atoms with Crippen LogP contribution in [0.25, 0.3) is 0 Å². The molecule has 1 N–H and O–H groups in total. The molecule has 0 bridgehead atoms. The van der Waals surface area contributed by atoms with Crippen molar-refractivity contribution in [2.24, 2.45) is 5.92 Å². The van der Waals surface area contributed by atoms with Crippen LogP contribution in [0, 0.1) is 5.92 Å². The fraction of sp³-hybridized carbons (Fsp3) is 0.400. The molecule has 1 aromatic heterocycles. The molecule has 1 amide bonds. The van der Waals surface area contributed by atoms with E-state index in [1.807, 2.05) is 0 Å². The molecule has 1 spiro atoms. The Morgan fingerprint density at radius 2 is 2.25 bits per heavy atom. The highest BCUT2D eigenvalue weighted by Crippen LogP contribution is 2.52. The van der Waals surface area contributed by atoms with Crippen molar-refractivity contribution in [2.45, 2.75) is 31.8 Å². The lowest BCUT2D eigenvalue weighted by Crippen LogP contribution is -2.38. The number of rotatable bonds is 0. The fourth-order valence-electron chi connectivity index (χ4n) is 3.39. The molecule has 2 atom stereocenters. The highest BCUT2D eigenvalue weighted by Gasteiger charge is 2.49. The molecule has 5 nitrogen and oxygen atoms in total. The molecular formula is C15H15N3O2. The summed E-state index contributed by atoms with van der Waals surface area (Å²) in [6.45, 7) is 2.21. The van der Waals surface area contributed by atoms with Gasteiger partial charge in [-0.2, -0.15) is 0 Å². The van der Waals surface area contributed by atoms with Crippen LogP contribution in [0.3, 0.4) is 0 Å². The predicted octanol–water partition coefficient (Wildman–Crippen LogP) is 2.92. The minimum Gasteiger partial charge on any atom is -0.437 e. The maximum Gasteiger partial charge on any atom is 0.413 e. The van der Waals surface area contributed by atoms with Gasteiger partial charge in [-0.1, -0.05) is 19.1 Å². The maximum absolute atomic E-state index is 11.8. The molecule has 102 valence electrons. The first-order valence-electron chi connectivity index (χ1n) is 6.87. The first-order chi connectivity index (χ1) is 9.66. The number of ether oxygens (including phenoxy) is 1. The minimum absolute atomic E-state index is 0.427. The van der Waals surface area contributed by atoms with E-state index < -0.39 is 11.7 Å². The molecule has 0 aromatic carbocycles. The van der Waals surface area contributed by atoms with Crippen LogP contribution in [0.1, 0.15) is 31.7 Å². The lowest BCUT2D eigenvalue weighted by atomic mass is 9.91. The van der Waals surface area contributed by atoms with E-state index in [9.17, 15) is 4.79 Å². The zero-order valence-electron chi connectivity index (χ0n) is 11.2. The molecule has 1 aliphatic heterocycles. The van der Waals surface area contributed by atoms with Crippen LogP contribution in [-0.4, -0.2) is 16.1 Å². The van der Waals surface area contributed by atoms with Crippen LogP contribution in [-0.2, 0) is 10.3 Å². The van der Waals surface area contributed by atoms with Crippen molar-refractivity contribution in [1.29, 1.82) is 0 Å². The quantitative estimate of drug-likeness (QED) is 0.786. The zero-order valence-corrected chi connectivity index (χ0v) is 11.2. The van der Waals surface area contributed by atoms with Crippen LogP contribution < -0.4 is 5.32 Å². The van der Waals surface area contributed by atoms with E-state index in [2.05, 4.69) is 34.4 Å². The highest BCUT2D eigenvalue weighted by molar-refractivity contribution is 5.87. The standard InChI is InChI=1S/C15H15N3O2/c1-9-2-3-10-5-15(6-11(10)4-9)12-7-16-8-17-13(12)18-14(19)20-15/h3-4,7-9H,2,5-6H2,1H3,(H,16,17,18,19). The van der Waals surface area contributed by atoms with Gasteiger partial charge in [-0.25, -0.2) is 14.8 Å². The molecular weight excluding hydrogens is 254 g/mol. The Morgan fingerprint density at radius 3 is 3.15 bits per heavy atom. The Bertz CT molecular complexity index is 665. The van der Waals surface area contributed by atoms with Crippen molar-refractivity contribution in [2.75, 3.05) is 5.32 Å². The number of hydrogen-bond donors (Lipinski definition) is 1. The summed E-state index contributed by atoms with van der Waals surface area (Å²) in [5.41, 5.74) is 2.85. The number of anilines is 1. The number of amides is 1. The van der Waals surface area contributed by atoms with Crippen molar-refractivity contribution in [3.63, 3.8) is 0 Å². The SMILES string of the molecule is CC1C=C2CC3(CC2=CC1)OC(=O)Nc1ncncc13. The number of nitrogens with one attached hydrogen (secondary N) is 1. The van der Waals surface area contributed by atoms with Gasteiger partial charge in [0, 0.05) is 19.0 Å². The molecule has 1 aromatic rings. The van der Waals surface area contributed by atoms with E-state index in [1.54, 1.807) is 6.20 Å². The monoisotopic (exact) mass is 269 g/mol. The summed E-state index contributed by atoms with van der Waals surface area (Å²) in [5, 5.41) is 2.65. The van der Waals surface area contributed by atoms with E-state index in [-0.39, 0.29) is 0 Å². The molecule has 0 saturated heterocycles. The summed E-state index contributed by atoms with van der Waals surface area (Å²) in [5.74, 6) is 1.12. The number of carbonyl (C=O) groups excluding carboxylic acids is 1. The van der Waals surface area contributed by atoms with Crippen molar-refractivity contribution in [3.05, 3.63) is 41.4 Å². The van der Waals surface area contributed by atoms with Crippen molar-refractivity contribution in [3.8, 4) is 0 Å². The number of allylic oxidation sites excluding steroid dienone is 2. The molecule has 5 heteroatoms. The second-order valence-corrected chi connectivity index (χ2v) is 5.78. The molecule has 1 fully saturated rings. The first kappa shape index (κ1) is 11.6. The molecule has 2 aliphatic carbocycles. The molecule has 1 saturated carbocycles. The van der Waals surface area contributed by atoms with Gasteiger partial charge in [0.1, 0.15) is 12.1 Å². The Labute approximate surface area is 116 Å². The second kappa shape index (κ2) is 3.91. The van der Waals surface area contributed by atoms with Crippen LogP contribution in [0.5, 0.6) is 0 Å². The fourth-order valence-corrected chi connectivity index (χ4v) is 3.39. The maximum atomic E-state index is 11.8. The van der Waals surface area contributed by atoms with Gasteiger partial charge in [-0.15, -0.1) is 0 Å². The first-order valence-corrected chi connectivity index (χ1v) is 6.87. The number of carbonyl (C=O) groups is 1. The number of nitrogens with zero attached hydrogens (tertiary/aromatic N) is 2. The van der Waals surface area contributed by atoms with Crippen molar-refractivity contribution < 1.29 is 9.53 Å². The van der Waals surface area contributed by atoms with Gasteiger partial charge < -0.3 is 4.74 Å². The lowest BCUT2D eigenvalue weighted by molar-refractivity contribution is 0.0218. The van der Waals surface area contributed by atoms with Gasteiger partial charge in [-0.05, 0) is 23.5 Å². The van der Waals surface area contributed by atoms with Gasteiger partial charge >= 0.3 is 6.09 Å². The third kappa shape index (κ3) is 1.59. The number of hydrogen-bond acceptors (Lipinski definition) is 4. The van der Waals surface area contributed by atoms with E-state index >= 15 is 0 Å². The Morgan fingerprint density at radius 1 is 1.40 bits per heavy atom. The Kier molecular flexibility index (Phi) is 2.28. The summed E-state index contributed by atoms with van der Waals surface area (Å²) in [4.78, 5) is 20.1. The average molecular weight is 269 g/mol. The molecule has 0 radical (unpaired) electrons. The third-order valence-corrected chi connectivity index (χ3v) is 4.30.